The van der Waals surface area contributed by atoms with E-state index in [1.165, 1.54) is 28.1 Å². The molecule has 0 N–H and O–H groups in total. The van der Waals surface area contributed by atoms with Gasteiger partial charge >= 0.3 is 0 Å². The second-order valence-corrected chi connectivity index (χ2v) is 10.00. The molecule has 32 heavy (non-hydrogen) atoms. The van der Waals surface area contributed by atoms with Crippen LogP contribution >= 0.6 is 0 Å². The van der Waals surface area contributed by atoms with Gasteiger partial charge in [0.05, 0.1) is 10.6 Å². The molecule has 1 fully saturated rings. The smallest absolute Gasteiger partial charge is 0.264 e. The van der Waals surface area contributed by atoms with Crippen molar-refractivity contribution < 1.29 is 17.2 Å². The van der Waals surface area contributed by atoms with Crippen LogP contribution in [0.2, 0.25) is 0 Å². The number of sulfonamides is 1. The first-order valence-corrected chi connectivity index (χ1v) is 12.1. The predicted molar refractivity (Wildman–Crippen MR) is 122 cm³/mol. The zero-order valence-electron chi connectivity index (χ0n) is 17.9. The average Bonchev–Trinajstić information content (AvgIpc) is 2.78. The predicted octanol–water partition coefficient (Wildman–Crippen LogP) is 5.13. The monoisotopic (exact) mass is 456 g/mol. The Labute approximate surface area is 188 Å². The number of rotatable bonds is 6. The summed E-state index contributed by atoms with van der Waals surface area (Å²) in [6.07, 6.45) is 1.23. The van der Waals surface area contributed by atoms with Crippen LogP contribution < -0.4 is 4.31 Å². The maximum atomic E-state index is 14.4. The summed E-state index contributed by atoms with van der Waals surface area (Å²) in [5.74, 6) is -0.963. The molecule has 0 saturated carbocycles. The van der Waals surface area contributed by atoms with Gasteiger partial charge in [0.15, 0.2) is 0 Å². The van der Waals surface area contributed by atoms with Crippen LogP contribution in [-0.4, -0.2) is 32.4 Å². The van der Waals surface area contributed by atoms with Gasteiger partial charge in [0, 0.05) is 25.7 Å². The summed E-state index contributed by atoms with van der Waals surface area (Å²) in [6, 6.07) is 19.1. The molecule has 1 aliphatic heterocycles. The Morgan fingerprint density at radius 2 is 1.59 bits per heavy atom. The first kappa shape index (κ1) is 22.4. The van der Waals surface area contributed by atoms with E-state index in [9.17, 15) is 17.2 Å². The van der Waals surface area contributed by atoms with Crippen molar-refractivity contribution in [3.8, 4) is 0 Å². The minimum Gasteiger partial charge on any atom is -0.299 e. The van der Waals surface area contributed by atoms with Gasteiger partial charge in [-0.25, -0.2) is 17.2 Å². The number of anilines is 1. The molecule has 0 aliphatic carbocycles. The second kappa shape index (κ2) is 9.38. The number of halogens is 2. The zero-order chi connectivity index (χ0) is 22.7. The summed E-state index contributed by atoms with van der Waals surface area (Å²) >= 11 is 0. The van der Waals surface area contributed by atoms with Crippen molar-refractivity contribution >= 4 is 15.7 Å². The molecule has 4 nitrogen and oxygen atoms in total. The summed E-state index contributed by atoms with van der Waals surface area (Å²) in [6.45, 7) is 3.89. The fourth-order valence-corrected chi connectivity index (χ4v) is 5.84. The lowest BCUT2D eigenvalue weighted by atomic mass is 10.0. The molecule has 1 aliphatic rings. The molecule has 1 heterocycles. The van der Waals surface area contributed by atoms with Crippen LogP contribution in [0.3, 0.4) is 0 Å². The van der Waals surface area contributed by atoms with E-state index in [0.29, 0.717) is 24.1 Å². The van der Waals surface area contributed by atoms with Crippen molar-refractivity contribution in [1.29, 1.82) is 0 Å². The third kappa shape index (κ3) is 4.84. The highest BCUT2D eigenvalue weighted by Crippen LogP contribution is 2.32. The first-order valence-electron chi connectivity index (χ1n) is 10.7. The van der Waals surface area contributed by atoms with E-state index in [-0.39, 0.29) is 10.9 Å². The summed E-state index contributed by atoms with van der Waals surface area (Å²) < 4.78 is 56.3. The molecule has 4 rings (SSSR count). The lowest BCUT2D eigenvalue weighted by molar-refractivity contribution is 0.206. The van der Waals surface area contributed by atoms with Crippen LogP contribution in [0.4, 0.5) is 14.5 Å². The van der Waals surface area contributed by atoms with E-state index in [1.807, 2.05) is 18.2 Å². The minimum atomic E-state index is -3.99. The molecule has 0 bridgehead atoms. The Balaban J connectivity index is 1.61. The number of nitrogens with zero attached hydrogens (tertiary/aromatic N) is 2. The third-order valence-electron chi connectivity index (χ3n) is 5.92. The van der Waals surface area contributed by atoms with Gasteiger partial charge in [0.1, 0.15) is 11.6 Å². The van der Waals surface area contributed by atoms with E-state index in [2.05, 4.69) is 17.0 Å². The summed E-state index contributed by atoms with van der Waals surface area (Å²) in [5.41, 5.74) is 1.95. The molecule has 1 saturated heterocycles. The van der Waals surface area contributed by atoms with E-state index >= 15 is 0 Å². The highest BCUT2D eigenvalue weighted by Gasteiger charge is 2.34. The van der Waals surface area contributed by atoms with Gasteiger partial charge in [-0.3, -0.25) is 9.21 Å². The first-order chi connectivity index (χ1) is 15.3. The van der Waals surface area contributed by atoms with Gasteiger partial charge < -0.3 is 0 Å². The quantitative estimate of drug-likeness (QED) is 0.516. The van der Waals surface area contributed by atoms with Crippen molar-refractivity contribution in [2.24, 2.45) is 0 Å². The largest absolute Gasteiger partial charge is 0.299 e. The molecule has 168 valence electrons. The molecule has 0 atom stereocenters. The van der Waals surface area contributed by atoms with Crippen molar-refractivity contribution in [2.75, 3.05) is 17.4 Å². The summed E-state index contributed by atoms with van der Waals surface area (Å²) in [5, 5.41) is 0. The van der Waals surface area contributed by atoms with Crippen molar-refractivity contribution in [1.82, 2.24) is 4.90 Å². The number of aryl methyl sites for hydroxylation is 1. The average molecular weight is 457 g/mol. The van der Waals surface area contributed by atoms with E-state index in [1.54, 1.807) is 19.1 Å². The van der Waals surface area contributed by atoms with Crippen LogP contribution in [0.1, 0.15) is 24.0 Å². The Morgan fingerprint density at radius 3 is 2.22 bits per heavy atom. The minimum absolute atomic E-state index is 0.00778. The maximum absolute atomic E-state index is 14.4. The lowest BCUT2D eigenvalue weighted by Crippen LogP contribution is -2.47. The second-order valence-electron chi connectivity index (χ2n) is 8.18. The Bertz CT molecular complexity index is 1160. The van der Waals surface area contributed by atoms with E-state index in [4.69, 9.17) is 0 Å². The van der Waals surface area contributed by atoms with Crippen LogP contribution in [0.15, 0.2) is 77.7 Å². The molecule has 0 radical (unpaired) electrons. The molecule has 0 unspecified atom stereocenters. The van der Waals surface area contributed by atoms with Gasteiger partial charge in [-0.2, -0.15) is 0 Å². The van der Waals surface area contributed by atoms with Crippen LogP contribution in [0, 0.1) is 18.6 Å². The van der Waals surface area contributed by atoms with Gasteiger partial charge in [0.25, 0.3) is 10.0 Å². The van der Waals surface area contributed by atoms with Crippen molar-refractivity contribution in [3.05, 3.63) is 95.6 Å². The number of hydrogen-bond acceptors (Lipinski definition) is 3. The highest BCUT2D eigenvalue weighted by molar-refractivity contribution is 7.92. The highest BCUT2D eigenvalue weighted by atomic mass is 32.2. The van der Waals surface area contributed by atoms with Gasteiger partial charge in [-0.1, -0.05) is 36.4 Å². The zero-order valence-corrected chi connectivity index (χ0v) is 18.7. The SMILES string of the molecule is Cc1ccc(N(C2CCN(Cc3ccccc3)CC2)S(=O)(=O)c2ccc(F)cc2)cc1F. The number of likely N-dealkylation sites (tertiary alicyclic amines) is 1. The molecule has 7 heteroatoms. The van der Waals surface area contributed by atoms with E-state index in [0.717, 1.165) is 31.8 Å². The normalized spacial score (nSPS) is 15.6. The number of piperidine rings is 1. The molecule has 3 aromatic carbocycles. The number of benzene rings is 3. The lowest BCUT2D eigenvalue weighted by Gasteiger charge is -2.39. The third-order valence-corrected chi connectivity index (χ3v) is 7.81. The van der Waals surface area contributed by atoms with Crippen molar-refractivity contribution in [2.45, 2.75) is 37.2 Å². The maximum Gasteiger partial charge on any atom is 0.264 e. The van der Waals surface area contributed by atoms with Gasteiger partial charge in [0.2, 0.25) is 0 Å². The standard InChI is InChI=1S/C25H26F2N2O2S/c1-19-7-10-23(17-25(19)27)29(32(30,31)24-11-8-21(26)9-12-24)22-13-15-28(16-14-22)18-20-5-3-2-4-6-20/h2-12,17,22H,13-16,18H2,1H3. The molecule has 0 aromatic heterocycles. The topological polar surface area (TPSA) is 40.6 Å². The van der Waals surface area contributed by atoms with Gasteiger partial charge in [-0.15, -0.1) is 0 Å². The van der Waals surface area contributed by atoms with E-state index < -0.39 is 21.7 Å². The molecule has 0 spiro atoms. The van der Waals surface area contributed by atoms with Gasteiger partial charge in [-0.05, 0) is 67.3 Å². The molecule has 0 amide bonds. The molecule has 3 aromatic rings. The Morgan fingerprint density at radius 1 is 0.938 bits per heavy atom. The molecular formula is C25H26F2N2O2S. The van der Waals surface area contributed by atoms with Crippen molar-refractivity contribution in [3.63, 3.8) is 0 Å². The fourth-order valence-electron chi connectivity index (χ4n) is 4.14. The van der Waals surface area contributed by atoms with Crippen LogP contribution in [-0.2, 0) is 16.6 Å². The summed E-state index contributed by atoms with van der Waals surface area (Å²) in [7, 11) is -3.99. The molecular weight excluding hydrogens is 430 g/mol. The van der Waals surface area contributed by atoms with Crippen LogP contribution in [0.5, 0.6) is 0 Å². The Hall–Kier alpha value is -2.77. The van der Waals surface area contributed by atoms with Crippen LogP contribution in [0.25, 0.3) is 0 Å². The number of hydrogen-bond donors (Lipinski definition) is 0. The summed E-state index contributed by atoms with van der Waals surface area (Å²) in [4.78, 5) is 2.29. The Kier molecular flexibility index (Phi) is 6.58. The fraction of sp³-hybridized carbons (Fsp3) is 0.280.